The van der Waals surface area contributed by atoms with E-state index in [1.165, 1.54) is 5.69 Å². The lowest BCUT2D eigenvalue weighted by molar-refractivity contribution is 0.313. The Morgan fingerprint density at radius 2 is 1.69 bits per heavy atom. The highest BCUT2D eigenvalue weighted by Gasteiger charge is 2.14. The Labute approximate surface area is 171 Å². The van der Waals surface area contributed by atoms with E-state index in [2.05, 4.69) is 61.7 Å². The number of rotatable bonds is 5. The van der Waals surface area contributed by atoms with E-state index in [-0.39, 0.29) is 0 Å². The zero-order valence-electron chi connectivity index (χ0n) is 16.9. The summed E-state index contributed by atoms with van der Waals surface area (Å²) in [4.78, 5) is 13.8. The molecule has 0 spiro atoms. The Kier molecular flexibility index (Phi) is 5.48. The molecule has 0 bridgehead atoms. The van der Waals surface area contributed by atoms with Crippen LogP contribution in [-0.2, 0) is 0 Å². The highest BCUT2D eigenvalue weighted by Crippen LogP contribution is 2.24. The average Bonchev–Trinajstić information content (AvgIpc) is 2.72. The van der Waals surface area contributed by atoms with Gasteiger partial charge in [-0.3, -0.25) is 0 Å². The maximum atomic E-state index is 5.86. The van der Waals surface area contributed by atoms with E-state index in [1.54, 1.807) is 0 Å². The maximum Gasteiger partial charge on any atom is 0.229 e. The maximum absolute atomic E-state index is 5.86. The molecule has 0 saturated carbocycles. The van der Waals surface area contributed by atoms with Gasteiger partial charge in [-0.25, -0.2) is 4.98 Å². The summed E-state index contributed by atoms with van der Waals surface area (Å²) in [5, 5.41) is 6.61. The van der Waals surface area contributed by atoms with Gasteiger partial charge < -0.3 is 26.2 Å². The number of piperazine rings is 1. The molecule has 0 radical (unpaired) electrons. The molecule has 0 amide bonds. The fraction of sp³-hybridized carbons (Fsp3) is 0.273. The van der Waals surface area contributed by atoms with Gasteiger partial charge in [0.15, 0.2) is 0 Å². The summed E-state index contributed by atoms with van der Waals surface area (Å²) in [6, 6.07) is 16.0. The van der Waals surface area contributed by atoms with Crippen molar-refractivity contribution in [3.05, 3.63) is 60.3 Å². The van der Waals surface area contributed by atoms with Crippen LogP contribution in [0.5, 0.6) is 0 Å². The summed E-state index contributed by atoms with van der Waals surface area (Å²) in [6.07, 6.45) is 1.81. The minimum atomic E-state index is 0.550. The van der Waals surface area contributed by atoms with E-state index in [0.29, 0.717) is 11.6 Å². The Bertz CT molecular complexity index is 963. The Hall–Kier alpha value is -3.32. The van der Waals surface area contributed by atoms with E-state index >= 15 is 0 Å². The van der Waals surface area contributed by atoms with Gasteiger partial charge in [-0.2, -0.15) is 4.98 Å². The number of likely N-dealkylation sites (N-methyl/N-ethyl adjacent to an activating group) is 1. The van der Waals surface area contributed by atoms with Gasteiger partial charge in [0, 0.05) is 60.7 Å². The molecule has 2 aromatic carbocycles. The third-order valence-electron chi connectivity index (χ3n) is 5.11. The summed E-state index contributed by atoms with van der Waals surface area (Å²) >= 11 is 0. The van der Waals surface area contributed by atoms with Crippen molar-refractivity contribution in [2.24, 2.45) is 0 Å². The summed E-state index contributed by atoms with van der Waals surface area (Å²) in [7, 11) is 2.17. The largest absolute Gasteiger partial charge is 0.399 e. The molecule has 1 aromatic heterocycles. The van der Waals surface area contributed by atoms with Crippen LogP contribution < -0.4 is 21.3 Å². The van der Waals surface area contributed by atoms with Crippen LogP contribution in [0.1, 0.15) is 5.56 Å². The van der Waals surface area contributed by atoms with E-state index in [1.807, 2.05) is 37.4 Å². The molecule has 7 nitrogen and oxygen atoms in total. The number of nitrogen functional groups attached to an aromatic ring is 1. The van der Waals surface area contributed by atoms with Gasteiger partial charge >= 0.3 is 0 Å². The second kappa shape index (κ2) is 8.36. The van der Waals surface area contributed by atoms with Gasteiger partial charge in [0.25, 0.3) is 0 Å². The molecular formula is C22H27N7. The topological polar surface area (TPSA) is 82.3 Å². The first-order valence-corrected chi connectivity index (χ1v) is 9.83. The fourth-order valence-corrected chi connectivity index (χ4v) is 3.33. The number of nitrogens with two attached hydrogens (primary N) is 1. The lowest BCUT2D eigenvalue weighted by Gasteiger charge is -2.34. The van der Waals surface area contributed by atoms with Crippen LogP contribution in [0, 0.1) is 6.92 Å². The van der Waals surface area contributed by atoms with Crippen LogP contribution in [0.4, 0.5) is 34.5 Å². The molecule has 0 unspecified atom stereocenters. The van der Waals surface area contributed by atoms with Gasteiger partial charge in [-0.15, -0.1) is 0 Å². The number of nitrogens with zero attached hydrogens (tertiary/aromatic N) is 4. The van der Waals surface area contributed by atoms with Crippen molar-refractivity contribution in [2.75, 3.05) is 54.5 Å². The van der Waals surface area contributed by atoms with Crippen LogP contribution >= 0.6 is 0 Å². The molecule has 1 aliphatic rings. The highest BCUT2D eigenvalue weighted by atomic mass is 15.2. The second-order valence-corrected chi connectivity index (χ2v) is 7.44. The van der Waals surface area contributed by atoms with Crippen molar-refractivity contribution in [3.63, 3.8) is 0 Å². The van der Waals surface area contributed by atoms with Crippen LogP contribution in [0.15, 0.2) is 54.7 Å². The number of benzene rings is 2. The molecule has 1 saturated heterocycles. The van der Waals surface area contributed by atoms with Crippen molar-refractivity contribution in [1.29, 1.82) is 0 Å². The molecule has 0 atom stereocenters. The van der Waals surface area contributed by atoms with Crippen LogP contribution in [0.3, 0.4) is 0 Å². The number of hydrogen-bond donors (Lipinski definition) is 3. The molecule has 29 heavy (non-hydrogen) atoms. The van der Waals surface area contributed by atoms with Crippen LogP contribution in [0.25, 0.3) is 0 Å². The van der Waals surface area contributed by atoms with Gasteiger partial charge in [-0.1, -0.05) is 6.07 Å². The lowest BCUT2D eigenvalue weighted by Crippen LogP contribution is -2.44. The third-order valence-corrected chi connectivity index (χ3v) is 5.11. The lowest BCUT2D eigenvalue weighted by atomic mass is 10.2. The van der Waals surface area contributed by atoms with Crippen molar-refractivity contribution >= 4 is 34.5 Å². The fourth-order valence-electron chi connectivity index (χ4n) is 3.33. The number of aryl methyl sites for hydroxylation is 1. The van der Waals surface area contributed by atoms with Crippen molar-refractivity contribution in [2.45, 2.75) is 6.92 Å². The van der Waals surface area contributed by atoms with Crippen molar-refractivity contribution < 1.29 is 0 Å². The molecule has 150 valence electrons. The summed E-state index contributed by atoms with van der Waals surface area (Å²) < 4.78 is 0. The molecule has 3 aromatic rings. The molecule has 0 aliphatic carbocycles. The normalized spacial score (nSPS) is 14.6. The summed E-state index contributed by atoms with van der Waals surface area (Å²) in [5.74, 6) is 1.30. The van der Waals surface area contributed by atoms with Crippen molar-refractivity contribution in [1.82, 2.24) is 14.9 Å². The zero-order valence-corrected chi connectivity index (χ0v) is 16.9. The number of nitrogens with one attached hydrogen (secondary N) is 2. The standard InChI is InChI=1S/C22H27N7/c1-16-15-24-22(27-21(16)25-19-5-3-4-17(23)14-19)26-18-6-8-20(9-7-18)29-12-10-28(2)11-13-29/h3-9,14-15H,10-13,23H2,1-2H3,(H2,24,25,26,27). The Morgan fingerprint density at radius 3 is 2.41 bits per heavy atom. The summed E-state index contributed by atoms with van der Waals surface area (Å²) in [6.45, 7) is 6.29. The molecule has 4 rings (SSSR count). The first-order chi connectivity index (χ1) is 14.1. The molecular weight excluding hydrogens is 362 g/mol. The Morgan fingerprint density at radius 1 is 0.931 bits per heavy atom. The van der Waals surface area contributed by atoms with Crippen LogP contribution in [0.2, 0.25) is 0 Å². The molecule has 1 fully saturated rings. The quantitative estimate of drug-likeness (QED) is 0.575. The monoisotopic (exact) mass is 389 g/mol. The summed E-state index contributed by atoms with van der Waals surface area (Å²) in [5.41, 5.74) is 10.6. The second-order valence-electron chi connectivity index (χ2n) is 7.44. The number of anilines is 6. The van der Waals surface area contributed by atoms with Gasteiger partial charge in [0.05, 0.1) is 0 Å². The molecule has 7 heteroatoms. The zero-order chi connectivity index (χ0) is 20.2. The first-order valence-electron chi connectivity index (χ1n) is 9.83. The van der Waals surface area contributed by atoms with E-state index in [0.717, 1.165) is 48.9 Å². The predicted molar refractivity (Wildman–Crippen MR) is 120 cm³/mol. The molecule has 1 aliphatic heterocycles. The van der Waals surface area contributed by atoms with Gasteiger partial charge in [0.2, 0.25) is 5.95 Å². The van der Waals surface area contributed by atoms with Gasteiger partial charge in [0.1, 0.15) is 5.82 Å². The van der Waals surface area contributed by atoms with Crippen LogP contribution in [-0.4, -0.2) is 48.1 Å². The third kappa shape index (κ3) is 4.75. The predicted octanol–water partition coefficient (Wildman–Crippen LogP) is 3.61. The SMILES string of the molecule is Cc1cnc(Nc2ccc(N3CCN(C)CC3)cc2)nc1Nc1cccc(N)c1. The van der Waals surface area contributed by atoms with Gasteiger partial charge in [-0.05, 0) is 56.4 Å². The minimum absolute atomic E-state index is 0.550. The van der Waals surface area contributed by atoms with Crippen molar-refractivity contribution in [3.8, 4) is 0 Å². The van der Waals surface area contributed by atoms with E-state index in [9.17, 15) is 0 Å². The minimum Gasteiger partial charge on any atom is -0.399 e. The number of aromatic nitrogens is 2. The number of hydrogen-bond acceptors (Lipinski definition) is 7. The Balaban J connectivity index is 1.45. The van der Waals surface area contributed by atoms with E-state index in [4.69, 9.17) is 5.73 Å². The van der Waals surface area contributed by atoms with E-state index < -0.39 is 0 Å². The first kappa shape index (κ1) is 19.0. The molecule has 4 N–H and O–H groups in total. The molecule has 2 heterocycles. The smallest absolute Gasteiger partial charge is 0.229 e. The average molecular weight is 390 g/mol. The highest BCUT2D eigenvalue weighted by molar-refractivity contribution is 5.65.